The molecule has 1 fully saturated rings. The van der Waals surface area contributed by atoms with Crippen LogP contribution >= 0.6 is 0 Å². The molecule has 0 saturated carbocycles. The molecule has 38 heavy (non-hydrogen) atoms. The lowest BCUT2D eigenvalue weighted by atomic mass is 9.99. The molecular weight excluding hydrogens is 476 g/mol. The largest absolute Gasteiger partial charge is 0.488 e. The van der Waals surface area contributed by atoms with Gasteiger partial charge in [0.25, 0.3) is 11.8 Å². The number of ether oxygens (including phenoxy) is 1. The van der Waals surface area contributed by atoms with Gasteiger partial charge in [0.2, 0.25) is 0 Å². The Balaban J connectivity index is 1.60. The second-order valence-electron chi connectivity index (χ2n) is 9.73. The molecule has 6 heteroatoms. The zero-order valence-electron chi connectivity index (χ0n) is 21.8. The Labute approximate surface area is 221 Å². The maximum Gasteiger partial charge on any atom is 0.335 e. The highest BCUT2D eigenvalue weighted by Gasteiger charge is 2.37. The molecular formula is C32H28N2O4. The summed E-state index contributed by atoms with van der Waals surface area (Å²) in [5.74, 6) is -0.887. The van der Waals surface area contributed by atoms with Gasteiger partial charge >= 0.3 is 6.03 Å². The number of benzene rings is 4. The third-order valence-corrected chi connectivity index (χ3v) is 6.60. The van der Waals surface area contributed by atoms with Crippen LogP contribution in [0.1, 0.15) is 33.4 Å². The number of amides is 4. The van der Waals surface area contributed by atoms with Crippen LogP contribution in [0.4, 0.5) is 10.5 Å². The highest BCUT2D eigenvalue weighted by molar-refractivity contribution is 6.39. The molecule has 5 rings (SSSR count). The fourth-order valence-electron chi connectivity index (χ4n) is 4.84. The van der Waals surface area contributed by atoms with Crippen LogP contribution in [0.3, 0.4) is 0 Å². The van der Waals surface area contributed by atoms with E-state index in [1.54, 1.807) is 6.07 Å². The van der Waals surface area contributed by atoms with Crippen LogP contribution in [-0.4, -0.2) is 17.8 Å². The highest BCUT2D eigenvalue weighted by atomic mass is 16.5. The average Bonchev–Trinajstić information content (AvgIpc) is 2.87. The topological polar surface area (TPSA) is 75.7 Å². The van der Waals surface area contributed by atoms with E-state index in [0.29, 0.717) is 23.6 Å². The van der Waals surface area contributed by atoms with Gasteiger partial charge in [-0.05, 0) is 73.4 Å². The Bertz CT molecular complexity index is 1630. The van der Waals surface area contributed by atoms with Crippen LogP contribution in [0.2, 0.25) is 0 Å². The van der Waals surface area contributed by atoms with E-state index in [9.17, 15) is 14.4 Å². The molecule has 1 aliphatic rings. The summed E-state index contributed by atoms with van der Waals surface area (Å²) >= 11 is 0. The summed E-state index contributed by atoms with van der Waals surface area (Å²) in [6.45, 7) is 8.10. The Hall–Kier alpha value is -4.71. The second-order valence-corrected chi connectivity index (χ2v) is 9.73. The van der Waals surface area contributed by atoms with Crippen molar-refractivity contribution in [3.8, 4) is 5.75 Å². The van der Waals surface area contributed by atoms with Gasteiger partial charge in [-0.3, -0.25) is 14.9 Å². The van der Waals surface area contributed by atoms with Gasteiger partial charge in [0, 0.05) is 5.56 Å². The van der Waals surface area contributed by atoms with Crippen LogP contribution in [-0.2, 0) is 16.2 Å². The summed E-state index contributed by atoms with van der Waals surface area (Å²) < 4.78 is 6.25. The molecule has 1 aliphatic heterocycles. The van der Waals surface area contributed by atoms with Crippen molar-refractivity contribution in [3.05, 3.63) is 112 Å². The first-order valence-electron chi connectivity index (χ1n) is 12.4. The number of anilines is 1. The molecule has 0 atom stereocenters. The standard InChI is InChI=1S/C32H28N2O4/c1-19-9-10-22(4)28(16-19)34-31(36)27(30(35)33-32(34)37)17-26-25-8-6-5-7-24(25)11-12-29(26)38-18-23-14-20(2)13-21(3)15-23/h5-17H,18H2,1-4H3,(H,33,35,37)/b27-17+. The monoisotopic (exact) mass is 504 g/mol. The predicted molar refractivity (Wildman–Crippen MR) is 149 cm³/mol. The lowest BCUT2D eigenvalue weighted by Crippen LogP contribution is -2.54. The van der Waals surface area contributed by atoms with Crippen molar-refractivity contribution in [2.75, 3.05) is 4.90 Å². The molecule has 4 aromatic carbocycles. The van der Waals surface area contributed by atoms with Gasteiger partial charge < -0.3 is 4.74 Å². The summed E-state index contributed by atoms with van der Waals surface area (Å²) in [6, 6.07) is 22.5. The van der Waals surface area contributed by atoms with Gasteiger partial charge in [-0.2, -0.15) is 0 Å². The first-order chi connectivity index (χ1) is 18.2. The minimum absolute atomic E-state index is 0.141. The number of rotatable bonds is 5. The summed E-state index contributed by atoms with van der Waals surface area (Å²) in [6.07, 6.45) is 1.53. The molecule has 0 spiro atoms. The fourth-order valence-corrected chi connectivity index (χ4v) is 4.84. The van der Waals surface area contributed by atoms with Crippen molar-refractivity contribution in [1.82, 2.24) is 5.32 Å². The smallest absolute Gasteiger partial charge is 0.335 e. The molecule has 6 nitrogen and oxygen atoms in total. The number of aryl methyl sites for hydroxylation is 4. The van der Waals surface area contributed by atoms with Crippen molar-refractivity contribution in [1.29, 1.82) is 0 Å². The quantitative estimate of drug-likeness (QED) is 0.255. The lowest BCUT2D eigenvalue weighted by molar-refractivity contribution is -0.122. The minimum Gasteiger partial charge on any atom is -0.488 e. The van der Waals surface area contributed by atoms with Crippen LogP contribution in [0.15, 0.2) is 78.4 Å². The molecule has 0 aromatic heterocycles. The van der Waals surface area contributed by atoms with Crippen LogP contribution in [0.5, 0.6) is 5.75 Å². The number of hydrogen-bond acceptors (Lipinski definition) is 4. The molecule has 4 amide bonds. The number of carbonyl (C=O) groups excluding carboxylic acids is 3. The van der Waals surface area contributed by atoms with E-state index in [1.165, 1.54) is 6.08 Å². The van der Waals surface area contributed by atoms with Crippen molar-refractivity contribution in [3.63, 3.8) is 0 Å². The maximum absolute atomic E-state index is 13.7. The van der Waals surface area contributed by atoms with Crippen molar-refractivity contribution in [2.45, 2.75) is 34.3 Å². The third-order valence-electron chi connectivity index (χ3n) is 6.60. The van der Waals surface area contributed by atoms with E-state index in [2.05, 4.69) is 23.5 Å². The second kappa shape index (κ2) is 9.98. The van der Waals surface area contributed by atoms with Gasteiger partial charge in [0.1, 0.15) is 17.9 Å². The van der Waals surface area contributed by atoms with E-state index in [0.717, 1.165) is 43.5 Å². The first kappa shape index (κ1) is 25.0. The number of imide groups is 2. The van der Waals surface area contributed by atoms with Gasteiger partial charge in [0.15, 0.2) is 0 Å². The number of hydrogen-bond donors (Lipinski definition) is 1. The van der Waals surface area contributed by atoms with Crippen LogP contribution < -0.4 is 15.0 Å². The molecule has 0 radical (unpaired) electrons. The molecule has 0 aliphatic carbocycles. The van der Waals surface area contributed by atoms with Crippen molar-refractivity contribution < 1.29 is 19.1 Å². The summed E-state index contributed by atoms with van der Waals surface area (Å²) in [7, 11) is 0. The zero-order valence-corrected chi connectivity index (χ0v) is 21.8. The average molecular weight is 505 g/mol. The number of barbiturate groups is 1. The van der Waals surface area contributed by atoms with E-state index in [4.69, 9.17) is 4.74 Å². The molecule has 1 heterocycles. The highest BCUT2D eigenvalue weighted by Crippen LogP contribution is 2.33. The van der Waals surface area contributed by atoms with Gasteiger partial charge in [-0.15, -0.1) is 0 Å². The maximum atomic E-state index is 13.7. The number of carbonyl (C=O) groups is 3. The van der Waals surface area contributed by atoms with Gasteiger partial charge in [-0.1, -0.05) is 71.8 Å². The van der Waals surface area contributed by atoms with Crippen molar-refractivity contribution >= 4 is 40.4 Å². The molecule has 0 unspecified atom stereocenters. The van der Waals surface area contributed by atoms with E-state index in [1.807, 2.05) is 76.2 Å². The Morgan fingerprint density at radius 2 is 1.55 bits per heavy atom. The van der Waals surface area contributed by atoms with Crippen molar-refractivity contribution in [2.24, 2.45) is 0 Å². The Kier molecular flexibility index (Phi) is 6.55. The minimum atomic E-state index is -0.768. The summed E-state index contributed by atoms with van der Waals surface area (Å²) in [4.78, 5) is 40.4. The number of nitrogens with zero attached hydrogens (tertiary/aromatic N) is 1. The molecule has 1 saturated heterocycles. The molecule has 190 valence electrons. The summed E-state index contributed by atoms with van der Waals surface area (Å²) in [5.41, 5.74) is 5.84. The third kappa shape index (κ3) is 4.81. The first-order valence-corrected chi connectivity index (χ1v) is 12.4. The normalized spacial score (nSPS) is 14.8. The molecule has 4 aromatic rings. The zero-order chi connectivity index (χ0) is 27.0. The number of fused-ring (bicyclic) bond motifs is 1. The van der Waals surface area contributed by atoms with Crippen LogP contribution in [0.25, 0.3) is 16.8 Å². The van der Waals surface area contributed by atoms with Gasteiger partial charge in [0.05, 0.1) is 5.69 Å². The molecule has 1 N–H and O–H groups in total. The fraction of sp³-hybridized carbons (Fsp3) is 0.156. The Morgan fingerprint density at radius 3 is 2.32 bits per heavy atom. The molecule has 0 bridgehead atoms. The number of urea groups is 1. The van der Waals surface area contributed by atoms with Gasteiger partial charge in [-0.25, -0.2) is 9.69 Å². The summed E-state index contributed by atoms with van der Waals surface area (Å²) in [5, 5.41) is 4.09. The van der Waals surface area contributed by atoms with E-state index >= 15 is 0 Å². The Morgan fingerprint density at radius 1 is 0.816 bits per heavy atom. The lowest BCUT2D eigenvalue weighted by Gasteiger charge is -2.28. The van der Waals surface area contributed by atoms with E-state index < -0.39 is 17.8 Å². The SMILES string of the molecule is Cc1cc(C)cc(COc2ccc3ccccc3c2/C=C2\C(=O)NC(=O)N(c3cc(C)ccc3C)C2=O)c1. The van der Waals surface area contributed by atoms with E-state index in [-0.39, 0.29) is 5.57 Å². The van der Waals surface area contributed by atoms with Crippen LogP contribution in [0, 0.1) is 27.7 Å². The predicted octanol–water partition coefficient (Wildman–Crippen LogP) is 6.32. The number of nitrogens with one attached hydrogen (secondary N) is 1.